The minimum atomic E-state index is 0.610. The Hall–Kier alpha value is -1.07. The van der Waals surface area contributed by atoms with Crippen molar-refractivity contribution in [1.82, 2.24) is 14.5 Å². The highest BCUT2D eigenvalue weighted by atomic mass is 32.2. The molecule has 0 spiro atoms. The molecule has 2 aliphatic heterocycles. The van der Waals surface area contributed by atoms with E-state index >= 15 is 0 Å². The predicted molar refractivity (Wildman–Crippen MR) is 90.2 cm³/mol. The standard InChI is InChI=1S/C17H23N3OS/c1-4-15-17(18-6-1)20(10-14-5-7-21-11-14)16(19-15)9-13-3-2-8-22-12-13/h1,4,6,13-14H,2-3,5,7-12H2. The number of imidazole rings is 1. The van der Waals surface area contributed by atoms with E-state index in [4.69, 9.17) is 9.72 Å². The Morgan fingerprint density at radius 3 is 3.14 bits per heavy atom. The normalized spacial score (nSPS) is 25.8. The van der Waals surface area contributed by atoms with Crippen molar-refractivity contribution in [2.24, 2.45) is 11.8 Å². The summed E-state index contributed by atoms with van der Waals surface area (Å²) in [6, 6.07) is 4.07. The molecule has 2 aromatic rings. The Morgan fingerprint density at radius 2 is 2.32 bits per heavy atom. The third kappa shape index (κ3) is 3.01. The zero-order valence-corrected chi connectivity index (χ0v) is 13.7. The van der Waals surface area contributed by atoms with Gasteiger partial charge in [0.25, 0.3) is 0 Å². The van der Waals surface area contributed by atoms with E-state index in [0.29, 0.717) is 5.92 Å². The van der Waals surface area contributed by atoms with Gasteiger partial charge in [-0.15, -0.1) is 0 Å². The molecule has 2 atom stereocenters. The van der Waals surface area contributed by atoms with E-state index in [1.807, 2.05) is 12.3 Å². The van der Waals surface area contributed by atoms with Crippen LogP contribution in [-0.4, -0.2) is 39.3 Å². The van der Waals surface area contributed by atoms with E-state index in [2.05, 4.69) is 27.4 Å². The summed E-state index contributed by atoms with van der Waals surface area (Å²) in [7, 11) is 0. The molecule has 2 aliphatic rings. The zero-order valence-electron chi connectivity index (χ0n) is 12.9. The van der Waals surface area contributed by atoms with E-state index in [0.717, 1.165) is 49.7 Å². The molecule has 4 rings (SSSR count). The second-order valence-electron chi connectivity index (χ2n) is 6.50. The number of thioether (sulfide) groups is 1. The van der Waals surface area contributed by atoms with Crippen LogP contribution in [0.5, 0.6) is 0 Å². The zero-order chi connectivity index (χ0) is 14.8. The van der Waals surface area contributed by atoms with Gasteiger partial charge < -0.3 is 9.30 Å². The summed E-state index contributed by atoms with van der Waals surface area (Å²) in [5.41, 5.74) is 2.09. The van der Waals surface area contributed by atoms with Crippen LogP contribution in [0.4, 0.5) is 0 Å². The van der Waals surface area contributed by atoms with Gasteiger partial charge in [0.2, 0.25) is 0 Å². The van der Waals surface area contributed by atoms with Gasteiger partial charge in [0.15, 0.2) is 5.65 Å². The van der Waals surface area contributed by atoms with Crippen LogP contribution in [0.3, 0.4) is 0 Å². The molecule has 0 aliphatic carbocycles. The first-order valence-corrected chi connectivity index (χ1v) is 9.51. The van der Waals surface area contributed by atoms with Gasteiger partial charge in [-0.3, -0.25) is 0 Å². The average molecular weight is 317 g/mol. The number of hydrogen-bond donors (Lipinski definition) is 0. The molecule has 5 heteroatoms. The largest absolute Gasteiger partial charge is 0.381 e. The summed E-state index contributed by atoms with van der Waals surface area (Å²) >= 11 is 2.10. The van der Waals surface area contributed by atoms with Crippen LogP contribution in [0.15, 0.2) is 18.3 Å². The Labute approximate surface area is 135 Å². The molecule has 2 saturated heterocycles. The summed E-state index contributed by atoms with van der Waals surface area (Å²) in [5, 5.41) is 0. The van der Waals surface area contributed by atoms with Crippen molar-refractivity contribution in [3.63, 3.8) is 0 Å². The van der Waals surface area contributed by atoms with E-state index in [-0.39, 0.29) is 0 Å². The van der Waals surface area contributed by atoms with Gasteiger partial charge in [0, 0.05) is 31.7 Å². The molecule has 0 amide bonds. The molecule has 2 fully saturated rings. The second-order valence-corrected chi connectivity index (χ2v) is 7.65. The third-order valence-electron chi connectivity index (χ3n) is 4.77. The topological polar surface area (TPSA) is 39.9 Å². The van der Waals surface area contributed by atoms with E-state index < -0.39 is 0 Å². The molecule has 22 heavy (non-hydrogen) atoms. The molecule has 0 N–H and O–H groups in total. The first-order chi connectivity index (χ1) is 10.9. The molecular weight excluding hydrogens is 294 g/mol. The van der Waals surface area contributed by atoms with Gasteiger partial charge in [0.05, 0.1) is 6.61 Å². The van der Waals surface area contributed by atoms with E-state index in [1.165, 1.54) is 30.2 Å². The molecule has 0 radical (unpaired) electrons. The minimum absolute atomic E-state index is 0.610. The summed E-state index contributed by atoms with van der Waals surface area (Å²) in [6.07, 6.45) is 6.83. The lowest BCUT2D eigenvalue weighted by atomic mass is 10.0. The molecule has 2 unspecified atom stereocenters. The number of nitrogens with zero attached hydrogens (tertiary/aromatic N) is 3. The van der Waals surface area contributed by atoms with Crippen LogP contribution < -0.4 is 0 Å². The number of pyridine rings is 1. The van der Waals surface area contributed by atoms with Gasteiger partial charge in [0.1, 0.15) is 11.3 Å². The maximum Gasteiger partial charge on any atom is 0.159 e. The Morgan fingerprint density at radius 1 is 1.32 bits per heavy atom. The van der Waals surface area contributed by atoms with Gasteiger partial charge in [-0.25, -0.2) is 9.97 Å². The van der Waals surface area contributed by atoms with Gasteiger partial charge in [-0.2, -0.15) is 11.8 Å². The summed E-state index contributed by atoms with van der Waals surface area (Å²) in [4.78, 5) is 9.49. The maximum atomic E-state index is 5.55. The summed E-state index contributed by atoms with van der Waals surface area (Å²) in [5.74, 6) is 5.22. The van der Waals surface area contributed by atoms with E-state index in [9.17, 15) is 0 Å². The Balaban J connectivity index is 1.62. The fourth-order valence-corrected chi connectivity index (χ4v) is 4.72. The summed E-state index contributed by atoms with van der Waals surface area (Å²) < 4.78 is 7.92. The van der Waals surface area contributed by atoms with Crippen molar-refractivity contribution >= 4 is 22.9 Å². The minimum Gasteiger partial charge on any atom is -0.381 e. The third-order valence-corrected chi connectivity index (χ3v) is 6.06. The predicted octanol–water partition coefficient (Wildman–Crippen LogP) is 3.15. The van der Waals surface area contributed by atoms with Crippen molar-refractivity contribution in [1.29, 1.82) is 0 Å². The Kier molecular flexibility index (Phi) is 4.35. The Bertz CT molecular complexity index is 630. The number of fused-ring (bicyclic) bond motifs is 1. The van der Waals surface area contributed by atoms with Crippen LogP contribution in [0.1, 0.15) is 25.1 Å². The second kappa shape index (κ2) is 6.59. The average Bonchev–Trinajstić information content (AvgIpc) is 3.18. The van der Waals surface area contributed by atoms with Crippen LogP contribution in [-0.2, 0) is 17.7 Å². The molecule has 0 saturated carbocycles. The van der Waals surface area contributed by atoms with Crippen molar-refractivity contribution in [2.45, 2.75) is 32.2 Å². The van der Waals surface area contributed by atoms with Crippen LogP contribution in [0.2, 0.25) is 0 Å². The van der Waals surface area contributed by atoms with Gasteiger partial charge in [-0.05, 0) is 48.8 Å². The quantitative estimate of drug-likeness (QED) is 0.868. The monoisotopic (exact) mass is 317 g/mol. The first-order valence-electron chi connectivity index (χ1n) is 8.36. The lowest BCUT2D eigenvalue weighted by molar-refractivity contribution is 0.182. The number of rotatable bonds is 4. The molecule has 4 nitrogen and oxygen atoms in total. The molecular formula is C17H23N3OS. The van der Waals surface area contributed by atoms with Crippen molar-refractivity contribution in [3.8, 4) is 0 Å². The van der Waals surface area contributed by atoms with Crippen molar-refractivity contribution < 1.29 is 4.74 Å². The van der Waals surface area contributed by atoms with Crippen molar-refractivity contribution in [3.05, 3.63) is 24.2 Å². The molecule has 0 aromatic carbocycles. The number of ether oxygens (including phenoxy) is 1. The maximum absolute atomic E-state index is 5.55. The lowest BCUT2D eigenvalue weighted by Gasteiger charge is -2.21. The van der Waals surface area contributed by atoms with Crippen LogP contribution in [0, 0.1) is 11.8 Å². The van der Waals surface area contributed by atoms with Crippen molar-refractivity contribution in [2.75, 3.05) is 24.7 Å². The molecule has 2 aromatic heterocycles. The fourth-order valence-electron chi connectivity index (χ4n) is 3.57. The highest BCUT2D eigenvalue weighted by molar-refractivity contribution is 7.99. The van der Waals surface area contributed by atoms with Crippen LogP contribution in [0.25, 0.3) is 11.2 Å². The highest BCUT2D eigenvalue weighted by Gasteiger charge is 2.22. The lowest BCUT2D eigenvalue weighted by Crippen LogP contribution is -2.19. The molecule has 118 valence electrons. The SMILES string of the molecule is c1cnc2c(c1)nc(CC1CCCSC1)n2CC1CCOC1. The first kappa shape index (κ1) is 14.5. The number of hydrogen-bond acceptors (Lipinski definition) is 4. The molecule has 0 bridgehead atoms. The van der Waals surface area contributed by atoms with Gasteiger partial charge in [-0.1, -0.05) is 0 Å². The number of aromatic nitrogens is 3. The molecule has 4 heterocycles. The highest BCUT2D eigenvalue weighted by Crippen LogP contribution is 2.27. The van der Waals surface area contributed by atoms with Crippen LogP contribution >= 0.6 is 11.8 Å². The van der Waals surface area contributed by atoms with Gasteiger partial charge >= 0.3 is 0 Å². The fraction of sp³-hybridized carbons (Fsp3) is 0.647. The summed E-state index contributed by atoms with van der Waals surface area (Å²) in [6.45, 7) is 2.78. The van der Waals surface area contributed by atoms with E-state index in [1.54, 1.807) is 0 Å². The smallest absolute Gasteiger partial charge is 0.159 e.